The summed E-state index contributed by atoms with van der Waals surface area (Å²) in [6.45, 7) is 3.93. The molecule has 0 atom stereocenters. The Morgan fingerprint density at radius 3 is 2.36 bits per heavy atom. The van der Waals surface area contributed by atoms with E-state index >= 15 is 0 Å². The fraction of sp³-hybridized carbons (Fsp3) is 0.300. The van der Waals surface area contributed by atoms with Crippen molar-refractivity contribution in [3.63, 3.8) is 0 Å². The molecule has 2 amide bonds. The summed E-state index contributed by atoms with van der Waals surface area (Å²) in [5, 5.41) is 5.40. The summed E-state index contributed by atoms with van der Waals surface area (Å²) >= 11 is 0. The molecule has 2 aromatic rings. The van der Waals surface area contributed by atoms with Gasteiger partial charge in [0.25, 0.3) is 5.91 Å². The van der Waals surface area contributed by atoms with Crippen LogP contribution in [0.5, 0.6) is 5.75 Å². The Morgan fingerprint density at radius 1 is 1.00 bits per heavy atom. The van der Waals surface area contributed by atoms with Gasteiger partial charge >= 0.3 is 0 Å². The number of amides is 2. The monoisotopic (exact) mass is 340 g/mol. The van der Waals surface area contributed by atoms with Crippen molar-refractivity contribution >= 4 is 17.5 Å². The van der Waals surface area contributed by atoms with E-state index in [1.165, 1.54) is 0 Å². The molecule has 0 unspecified atom stereocenters. The fourth-order valence-electron chi connectivity index (χ4n) is 2.44. The van der Waals surface area contributed by atoms with Crippen molar-refractivity contribution in [1.82, 2.24) is 5.32 Å². The highest BCUT2D eigenvalue weighted by Crippen LogP contribution is 2.18. The summed E-state index contributed by atoms with van der Waals surface area (Å²) in [7, 11) is 1.63. The van der Waals surface area contributed by atoms with Gasteiger partial charge in [-0.3, -0.25) is 9.59 Å². The van der Waals surface area contributed by atoms with Crippen LogP contribution in [0.4, 0.5) is 5.69 Å². The van der Waals surface area contributed by atoms with Gasteiger partial charge < -0.3 is 15.4 Å². The van der Waals surface area contributed by atoms with Gasteiger partial charge in [-0.05, 0) is 49.6 Å². The molecule has 0 bridgehead atoms. The maximum Gasteiger partial charge on any atom is 0.262 e. The quantitative estimate of drug-likeness (QED) is 0.814. The van der Waals surface area contributed by atoms with Gasteiger partial charge in [0.15, 0.2) is 6.61 Å². The third-order valence-electron chi connectivity index (χ3n) is 3.85. The van der Waals surface area contributed by atoms with Crippen LogP contribution in [0.2, 0.25) is 0 Å². The number of hydrogen-bond acceptors (Lipinski definition) is 3. The minimum absolute atomic E-state index is 0.0147. The summed E-state index contributed by atoms with van der Waals surface area (Å²) in [4.78, 5) is 23.3. The van der Waals surface area contributed by atoms with Gasteiger partial charge in [0.05, 0.1) is 0 Å². The molecule has 0 saturated carbocycles. The highest BCUT2D eigenvalue weighted by Gasteiger charge is 2.06. The number of carbonyl (C=O) groups excluding carboxylic acids is 2. The van der Waals surface area contributed by atoms with Crippen molar-refractivity contribution in [2.45, 2.75) is 26.7 Å². The highest BCUT2D eigenvalue weighted by atomic mass is 16.5. The second kappa shape index (κ2) is 8.87. The van der Waals surface area contributed by atoms with E-state index in [2.05, 4.69) is 10.6 Å². The second-order valence-corrected chi connectivity index (χ2v) is 5.98. The summed E-state index contributed by atoms with van der Waals surface area (Å²) in [6, 6.07) is 13.3. The minimum Gasteiger partial charge on any atom is -0.483 e. The van der Waals surface area contributed by atoms with E-state index in [1.807, 2.05) is 56.3 Å². The molecule has 2 rings (SSSR count). The second-order valence-electron chi connectivity index (χ2n) is 5.98. The summed E-state index contributed by atoms with van der Waals surface area (Å²) in [6.07, 6.45) is 1.12. The number of anilines is 1. The van der Waals surface area contributed by atoms with E-state index in [4.69, 9.17) is 4.74 Å². The molecular formula is C20H24N2O3. The van der Waals surface area contributed by atoms with Crippen LogP contribution in [0, 0.1) is 13.8 Å². The maximum atomic E-state index is 12.0. The fourth-order valence-corrected chi connectivity index (χ4v) is 2.44. The van der Waals surface area contributed by atoms with Crippen LogP contribution in [0.1, 0.15) is 23.1 Å². The predicted molar refractivity (Wildman–Crippen MR) is 98.9 cm³/mol. The Hall–Kier alpha value is -2.82. The Labute approximate surface area is 148 Å². The third-order valence-corrected chi connectivity index (χ3v) is 3.85. The SMILES string of the molecule is CNC(=O)CCc1ccc(NC(=O)COc2ccc(C)cc2C)cc1. The molecule has 0 aliphatic heterocycles. The first-order valence-corrected chi connectivity index (χ1v) is 8.27. The molecule has 0 heterocycles. The lowest BCUT2D eigenvalue weighted by Crippen LogP contribution is -2.20. The van der Waals surface area contributed by atoms with Crippen molar-refractivity contribution in [2.75, 3.05) is 19.0 Å². The van der Waals surface area contributed by atoms with Gasteiger partial charge in [-0.1, -0.05) is 29.8 Å². The van der Waals surface area contributed by atoms with Gasteiger partial charge in [-0.2, -0.15) is 0 Å². The number of aryl methyl sites for hydroxylation is 3. The van der Waals surface area contributed by atoms with Crippen LogP contribution < -0.4 is 15.4 Å². The molecule has 0 spiro atoms. The zero-order valence-corrected chi connectivity index (χ0v) is 14.9. The lowest BCUT2D eigenvalue weighted by molar-refractivity contribution is -0.120. The number of ether oxygens (including phenoxy) is 1. The molecule has 25 heavy (non-hydrogen) atoms. The zero-order chi connectivity index (χ0) is 18.2. The molecule has 132 valence electrons. The van der Waals surface area contributed by atoms with Crippen molar-refractivity contribution in [3.05, 3.63) is 59.2 Å². The van der Waals surface area contributed by atoms with Crippen LogP contribution in [0.25, 0.3) is 0 Å². The number of carbonyl (C=O) groups is 2. The maximum absolute atomic E-state index is 12.0. The topological polar surface area (TPSA) is 67.4 Å². The Bertz CT molecular complexity index is 739. The average Bonchev–Trinajstić information content (AvgIpc) is 2.60. The molecule has 2 aromatic carbocycles. The third kappa shape index (κ3) is 5.95. The van der Waals surface area contributed by atoms with Crippen LogP contribution in [0.3, 0.4) is 0 Å². The first kappa shape index (κ1) is 18.5. The van der Waals surface area contributed by atoms with Crippen molar-refractivity contribution in [2.24, 2.45) is 0 Å². The summed E-state index contributed by atoms with van der Waals surface area (Å²) < 4.78 is 5.57. The number of hydrogen-bond donors (Lipinski definition) is 2. The normalized spacial score (nSPS) is 10.2. The Morgan fingerprint density at radius 2 is 1.72 bits per heavy atom. The van der Waals surface area contributed by atoms with E-state index < -0.39 is 0 Å². The van der Waals surface area contributed by atoms with E-state index in [0.717, 1.165) is 16.7 Å². The smallest absolute Gasteiger partial charge is 0.262 e. The number of rotatable bonds is 7. The van der Waals surface area contributed by atoms with Crippen molar-refractivity contribution in [3.8, 4) is 5.75 Å². The van der Waals surface area contributed by atoms with Gasteiger partial charge in [0.1, 0.15) is 5.75 Å². The molecule has 2 N–H and O–H groups in total. The van der Waals surface area contributed by atoms with Crippen molar-refractivity contribution in [1.29, 1.82) is 0 Å². The van der Waals surface area contributed by atoms with E-state index in [1.54, 1.807) is 7.05 Å². The molecule has 0 aliphatic carbocycles. The molecule has 0 aliphatic rings. The summed E-state index contributed by atoms with van der Waals surface area (Å²) in [5.74, 6) is 0.518. The van der Waals surface area contributed by atoms with E-state index in [-0.39, 0.29) is 18.4 Å². The van der Waals surface area contributed by atoms with Gasteiger partial charge in [0.2, 0.25) is 5.91 Å². The molecule has 5 heteroatoms. The lowest BCUT2D eigenvalue weighted by atomic mass is 10.1. The van der Waals surface area contributed by atoms with Crippen LogP contribution >= 0.6 is 0 Å². The molecule has 0 fully saturated rings. The number of nitrogens with one attached hydrogen (secondary N) is 2. The Kier molecular flexibility index (Phi) is 6.57. The van der Waals surface area contributed by atoms with Crippen molar-refractivity contribution < 1.29 is 14.3 Å². The molecular weight excluding hydrogens is 316 g/mol. The predicted octanol–water partition coefficient (Wildman–Crippen LogP) is 3.00. The first-order valence-electron chi connectivity index (χ1n) is 8.27. The van der Waals surface area contributed by atoms with Crippen LogP contribution in [-0.2, 0) is 16.0 Å². The molecule has 0 radical (unpaired) electrons. The van der Waals surface area contributed by atoms with Crippen LogP contribution in [0.15, 0.2) is 42.5 Å². The largest absolute Gasteiger partial charge is 0.483 e. The number of benzene rings is 2. The van der Waals surface area contributed by atoms with Gasteiger partial charge in [-0.25, -0.2) is 0 Å². The van der Waals surface area contributed by atoms with Gasteiger partial charge in [0, 0.05) is 19.2 Å². The molecule has 5 nitrogen and oxygen atoms in total. The van der Waals surface area contributed by atoms with Crippen LogP contribution in [-0.4, -0.2) is 25.5 Å². The average molecular weight is 340 g/mol. The standard InChI is InChI=1S/C20H24N2O3/c1-14-4-10-18(15(2)12-14)25-13-20(24)22-17-8-5-16(6-9-17)7-11-19(23)21-3/h4-6,8-10,12H,7,11,13H2,1-3H3,(H,21,23)(H,22,24). The van der Waals surface area contributed by atoms with E-state index in [9.17, 15) is 9.59 Å². The Balaban J connectivity index is 1.82. The minimum atomic E-state index is -0.210. The lowest BCUT2D eigenvalue weighted by Gasteiger charge is -2.10. The highest BCUT2D eigenvalue weighted by molar-refractivity contribution is 5.91. The first-order chi connectivity index (χ1) is 12.0. The zero-order valence-electron chi connectivity index (χ0n) is 14.9. The van der Waals surface area contributed by atoms with E-state index in [0.29, 0.717) is 24.3 Å². The summed E-state index contributed by atoms with van der Waals surface area (Å²) in [5.41, 5.74) is 3.92. The molecule has 0 aromatic heterocycles. The van der Waals surface area contributed by atoms with Gasteiger partial charge in [-0.15, -0.1) is 0 Å². The molecule has 0 saturated heterocycles.